The molecule has 0 radical (unpaired) electrons. The van der Waals surface area contributed by atoms with Crippen molar-refractivity contribution in [3.05, 3.63) is 18.2 Å². The number of carbonyl (C=O) groups excluding carboxylic acids is 1. The second-order valence-electron chi connectivity index (χ2n) is 5.91. The number of amides is 1. The van der Waals surface area contributed by atoms with Crippen LogP contribution in [0.25, 0.3) is 0 Å². The second kappa shape index (κ2) is 6.37. The third-order valence-electron chi connectivity index (χ3n) is 4.30. The molecule has 0 N–H and O–H groups in total. The maximum absolute atomic E-state index is 12.7. The topological polar surface area (TPSA) is 55.3 Å². The molecule has 6 heteroatoms. The Morgan fingerprint density at radius 1 is 1.29 bits per heavy atom. The average Bonchev–Trinajstić information content (AvgIpc) is 3.13. The molecule has 2 heterocycles. The first-order valence-corrected chi connectivity index (χ1v) is 7.62. The molecule has 1 aromatic rings. The number of halogens is 1. The van der Waals surface area contributed by atoms with Crippen molar-refractivity contribution in [2.24, 2.45) is 5.92 Å². The van der Waals surface area contributed by atoms with Crippen LogP contribution in [-0.4, -0.2) is 40.0 Å². The molecule has 0 bridgehead atoms. The smallest absolute Gasteiger partial charge is 0.316 e. The molecule has 1 aliphatic carbocycles. The lowest BCUT2D eigenvalue weighted by molar-refractivity contribution is -0.131. The van der Waals surface area contributed by atoms with Gasteiger partial charge in [0, 0.05) is 19.4 Å². The van der Waals surface area contributed by atoms with Gasteiger partial charge in [-0.3, -0.25) is 4.79 Å². The van der Waals surface area contributed by atoms with E-state index in [9.17, 15) is 9.18 Å². The van der Waals surface area contributed by atoms with Gasteiger partial charge in [0.1, 0.15) is 6.10 Å². The van der Waals surface area contributed by atoms with Crippen LogP contribution < -0.4 is 4.74 Å². The van der Waals surface area contributed by atoms with Crippen molar-refractivity contribution in [2.45, 2.75) is 44.6 Å². The molecule has 1 saturated heterocycles. The van der Waals surface area contributed by atoms with E-state index in [2.05, 4.69) is 9.97 Å². The summed E-state index contributed by atoms with van der Waals surface area (Å²) in [6.45, 7) is 1.30. The van der Waals surface area contributed by atoms with Gasteiger partial charge in [-0.05, 0) is 18.8 Å². The fourth-order valence-electron chi connectivity index (χ4n) is 3.15. The van der Waals surface area contributed by atoms with E-state index in [-0.39, 0.29) is 18.0 Å². The van der Waals surface area contributed by atoms with Crippen molar-refractivity contribution in [1.82, 2.24) is 14.9 Å². The van der Waals surface area contributed by atoms with Crippen LogP contribution in [0, 0.1) is 11.7 Å². The zero-order chi connectivity index (χ0) is 14.7. The second-order valence-corrected chi connectivity index (χ2v) is 5.91. The maximum Gasteiger partial charge on any atom is 0.316 e. The Bertz CT molecular complexity index is 488. The lowest BCUT2D eigenvalue weighted by Crippen LogP contribution is -2.32. The molecule has 1 saturated carbocycles. The van der Waals surface area contributed by atoms with E-state index in [0.29, 0.717) is 18.9 Å². The van der Waals surface area contributed by atoms with E-state index in [1.165, 1.54) is 25.7 Å². The minimum absolute atomic E-state index is 0.0945. The normalized spacial score (nSPS) is 22.7. The Kier molecular flexibility index (Phi) is 4.31. The molecular formula is C15H20FN3O2. The van der Waals surface area contributed by atoms with Crippen LogP contribution in [0.4, 0.5) is 4.39 Å². The summed E-state index contributed by atoms with van der Waals surface area (Å²) in [5.74, 6) is 0.313. The lowest BCUT2D eigenvalue weighted by Gasteiger charge is -2.18. The Labute approximate surface area is 123 Å². The number of carbonyl (C=O) groups is 1. The van der Waals surface area contributed by atoms with Gasteiger partial charge in [0.2, 0.25) is 5.91 Å². The van der Waals surface area contributed by atoms with E-state index in [1.807, 2.05) is 4.90 Å². The Hall–Kier alpha value is -1.72. The fraction of sp³-hybridized carbons (Fsp3) is 0.667. The monoisotopic (exact) mass is 293 g/mol. The zero-order valence-electron chi connectivity index (χ0n) is 12.0. The molecule has 2 aliphatic rings. The number of likely N-dealkylation sites (tertiary alicyclic amines) is 1. The molecule has 3 rings (SSSR count). The van der Waals surface area contributed by atoms with Gasteiger partial charge < -0.3 is 9.64 Å². The molecule has 114 valence electrons. The lowest BCUT2D eigenvalue weighted by atomic mass is 10.0. The third kappa shape index (κ3) is 3.68. The summed E-state index contributed by atoms with van der Waals surface area (Å²) in [4.78, 5) is 21.7. The zero-order valence-corrected chi connectivity index (χ0v) is 12.0. The Morgan fingerprint density at radius 3 is 2.71 bits per heavy atom. The first kappa shape index (κ1) is 14.2. The highest BCUT2D eigenvalue weighted by molar-refractivity contribution is 5.76. The fourth-order valence-corrected chi connectivity index (χ4v) is 3.15. The van der Waals surface area contributed by atoms with E-state index in [1.54, 1.807) is 0 Å². The molecule has 5 nitrogen and oxygen atoms in total. The average molecular weight is 293 g/mol. The van der Waals surface area contributed by atoms with E-state index in [4.69, 9.17) is 4.74 Å². The van der Waals surface area contributed by atoms with E-state index < -0.39 is 5.82 Å². The molecule has 0 spiro atoms. The van der Waals surface area contributed by atoms with Crippen molar-refractivity contribution >= 4 is 5.91 Å². The van der Waals surface area contributed by atoms with Crippen LogP contribution in [0.15, 0.2) is 12.4 Å². The molecule has 0 unspecified atom stereocenters. The highest BCUT2D eigenvalue weighted by atomic mass is 19.1. The largest absolute Gasteiger partial charge is 0.458 e. The van der Waals surface area contributed by atoms with Crippen molar-refractivity contribution < 1.29 is 13.9 Å². The maximum atomic E-state index is 12.7. The van der Waals surface area contributed by atoms with Gasteiger partial charge >= 0.3 is 6.01 Å². The summed E-state index contributed by atoms with van der Waals surface area (Å²) in [6.07, 6.45) is 8.39. The van der Waals surface area contributed by atoms with Gasteiger partial charge in [-0.2, -0.15) is 0 Å². The molecule has 1 aliphatic heterocycles. The Morgan fingerprint density at radius 2 is 2.00 bits per heavy atom. The summed E-state index contributed by atoms with van der Waals surface area (Å²) < 4.78 is 18.3. The summed E-state index contributed by atoms with van der Waals surface area (Å²) in [5.41, 5.74) is 0. The summed E-state index contributed by atoms with van der Waals surface area (Å²) in [6, 6.07) is 0.173. The third-order valence-corrected chi connectivity index (χ3v) is 4.30. The molecular weight excluding hydrogens is 273 g/mol. The molecule has 1 amide bonds. The first-order valence-electron chi connectivity index (χ1n) is 7.62. The molecule has 21 heavy (non-hydrogen) atoms. The minimum Gasteiger partial charge on any atom is -0.458 e. The van der Waals surface area contributed by atoms with Crippen LogP contribution in [0.1, 0.15) is 38.5 Å². The van der Waals surface area contributed by atoms with Crippen LogP contribution in [0.2, 0.25) is 0 Å². The number of rotatable bonds is 4. The number of nitrogens with zero attached hydrogens (tertiary/aromatic N) is 3. The van der Waals surface area contributed by atoms with Crippen molar-refractivity contribution in [1.29, 1.82) is 0 Å². The predicted octanol–water partition coefficient (Wildman–Crippen LogP) is 2.18. The number of aromatic nitrogens is 2. The highest BCUT2D eigenvalue weighted by Crippen LogP contribution is 2.28. The summed E-state index contributed by atoms with van der Waals surface area (Å²) >= 11 is 0. The van der Waals surface area contributed by atoms with Gasteiger partial charge in [-0.15, -0.1) is 0 Å². The summed E-state index contributed by atoms with van der Waals surface area (Å²) in [7, 11) is 0. The van der Waals surface area contributed by atoms with Gasteiger partial charge in [0.15, 0.2) is 5.82 Å². The van der Waals surface area contributed by atoms with Crippen LogP contribution in [-0.2, 0) is 4.79 Å². The van der Waals surface area contributed by atoms with Gasteiger partial charge in [-0.1, -0.05) is 12.8 Å². The van der Waals surface area contributed by atoms with Gasteiger partial charge in [-0.25, -0.2) is 14.4 Å². The van der Waals surface area contributed by atoms with Crippen molar-refractivity contribution in [2.75, 3.05) is 13.1 Å². The van der Waals surface area contributed by atoms with Gasteiger partial charge in [0.05, 0.1) is 18.9 Å². The van der Waals surface area contributed by atoms with Gasteiger partial charge in [0.25, 0.3) is 0 Å². The molecule has 1 aromatic heterocycles. The summed E-state index contributed by atoms with van der Waals surface area (Å²) in [5, 5.41) is 0. The van der Waals surface area contributed by atoms with Crippen LogP contribution in [0.3, 0.4) is 0 Å². The molecule has 1 atom stereocenters. The van der Waals surface area contributed by atoms with E-state index in [0.717, 1.165) is 25.4 Å². The SMILES string of the molecule is O=C(CC1CCCC1)N1CC[C@H](Oc2ncc(F)cn2)C1. The highest BCUT2D eigenvalue weighted by Gasteiger charge is 2.30. The minimum atomic E-state index is -0.484. The number of hydrogen-bond donors (Lipinski definition) is 0. The van der Waals surface area contributed by atoms with Crippen LogP contribution in [0.5, 0.6) is 6.01 Å². The van der Waals surface area contributed by atoms with Crippen molar-refractivity contribution in [3.63, 3.8) is 0 Å². The van der Waals surface area contributed by atoms with Crippen molar-refractivity contribution in [3.8, 4) is 6.01 Å². The Balaban J connectivity index is 1.48. The van der Waals surface area contributed by atoms with Crippen LogP contribution >= 0.6 is 0 Å². The molecule has 2 fully saturated rings. The van der Waals surface area contributed by atoms with E-state index >= 15 is 0 Å². The number of ether oxygens (including phenoxy) is 1. The molecule has 0 aromatic carbocycles. The quantitative estimate of drug-likeness (QED) is 0.854. The number of hydrogen-bond acceptors (Lipinski definition) is 4. The standard InChI is InChI=1S/C15H20FN3O2/c16-12-8-17-15(18-9-12)21-13-5-6-19(10-13)14(20)7-11-3-1-2-4-11/h8-9,11,13H,1-7,10H2/t13-/m0/s1. The first-order chi connectivity index (χ1) is 10.2. The predicted molar refractivity (Wildman–Crippen MR) is 74.2 cm³/mol.